The van der Waals surface area contributed by atoms with Gasteiger partial charge in [-0.1, -0.05) is 0 Å². The van der Waals surface area contributed by atoms with Crippen molar-refractivity contribution in [3.8, 4) is 0 Å². The van der Waals surface area contributed by atoms with Gasteiger partial charge in [0.05, 0.1) is 5.82 Å². The van der Waals surface area contributed by atoms with Gasteiger partial charge in [0.15, 0.2) is 0 Å². The molecule has 0 saturated heterocycles. The molecule has 0 fully saturated rings. The molecular weight excluding hydrogens is 148 g/mol. The van der Waals surface area contributed by atoms with Crippen LogP contribution in [0.3, 0.4) is 0 Å². The van der Waals surface area contributed by atoms with E-state index in [-0.39, 0.29) is 0 Å². The Balaban J connectivity index is 4.20. The van der Waals surface area contributed by atoms with Gasteiger partial charge in [-0.25, -0.2) is 0 Å². The van der Waals surface area contributed by atoms with Gasteiger partial charge < -0.3 is 10.6 Å². The van der Waals surface area contributed by atoms with E-state index in [0.717, 1.165) is 0 Å². The molecule has 0 aliphatic heterocycles. The standard InChI is InChI=1S/C5H10N4O2/c1-6-4(7-2)3-5(8-10)9-11/h3,5-7H,1-2H3. The van der Waals surface area contributed by atoms with Crippen LogP contribution in [-0.2, 0) is 0 Å². The number of nitrogens with one attached hydrogen (secondary N) is 2. The molecule has 0 unspecified atom stereocenters. The molecule has 0 aliphatic carbocycles. The Labute approximate surface area is 64.0 Å². The molecule has 2 N–H and O–H groups in total. The molecule has 0 rings (SSSR count). The summed E-state index contributed by atoms with van der Waals surface area (Å²) in [6.45, 7) is 0. The van der Waals surface area contributed by atoms with Gasteiger partial charge in [-0.05, 0) is 10.4 Å². The average molecular weight is 158 g/mol. The lowest BCUT2D eigenvalue weighted by Gasteiger charge is -2.04. The van der Waals surface area contributed by atoms with Crippen molar-refractivity contribution in [1.82, 2.24) is 10.6 Å². The van der Waals surface area contributed by atoms with Crippen molar-refractivity contribution in [3.05, 3.63) is 21.7 Å². The molecule has 0 aromatic heterocycles. The minimum Gasteiger partial charge on any atom is -0.375 e. The molecule has 6 heteroatoms. The van der Waals surface area contributed by atoms with E-state index >= 15 is 0 Å². The maximum absolute atomic E-state index is 9.86. The molecule has 0 saturated carbocycles. The molecule has 6 nitrogen and oxygen atoms in total. The number of rotatable bonds is 5. The molecule has 0 spiro atoms. The third kappa shape index (κ3) is 3.29. The van der Waals surface area contributed by atoms with Gasteiger partial charge in [0.1, 0.15) is 0 Å². The monoisotopic (exact) mass is 158 g/mol. The van der Waals surface area contributed by atoms with E-state index in [1.54, 1.807) is 14.1 Å². The largest absolute Gasteiger partial charge is 0.375 e. The molecular formula is C5H10N4O2. The molecule has 0 aromatic carbocycles. The first-order chi connectivity index (χ1) is 5.28. The fourth-order valence-corrected chi connectivity index (χ4v) is 0.521. The lowest BCUT2D eigenvalue weighted by atomic mass is 10.4. The molecule has 0 aliphatic rings. The van der Waals surface area contributed by atoms with Gasteiger partial charge in [-0.2, -0.15) is 0 Å². The van der Waals surface area contributed by atoms with E-state index in [9.17, 15) is 9.81 Å². The molecule has 0 heterocycles. The number of nitroso groups, excluding NO2 is 2. The Morgan fingerprint density at radius 3 is 2.00 bits per heavy atom. The van der Waals surface area contributed by atoms with Crippen molar-refractivity contribution in [2.45, 2.75) is 6.17 Å². The molecule has 0 radical (unpaired) electrons. The number of hydrogen-bond donors (Lipinski definition) is 2. The van der Waals surface area contributed by atoms with E-state index < -0.39 is 6.17 Å². The third-order valence-corrected chi connectivity index (χ3v) is 1.07. The number of hydrogen-bond acceptors (Lipinski definition) is 6. The van der Waals surface area contributed by atoms with E-state index in [4.69, 9.17) is 0 Å². The van der Waals surface area contributed by atoms with Crippen LogP contribution < -0.4 is 10.6 Å². The molecule has 0 aromatic rings. The quantitative estimate of drug-likeness (QED) is 0.557. The first-order valence-electron chi connectivity index (χ1n) is 3.00. The topological polar surface area (TPSA) is 82.9 Å². The predicted molar refractivity (Wildman–Crippen MR) is 41.6 cm³/mol. The van der Waals surface area contributed by atoms with Crippen LogP contribution in [0.2, 0.25) is 0 Å². The summed E-state index contributed by atoms with van der Waals surface area (Å²) in [4.78, 5) is 19.7. The minimum atomic E-state index is -1.16. The van der Waals surface area contributed by atoms with Crippen LogP contribution in [0.5, 0.6) is 0 Å². The second-order valence-electron chi connectivity index (χ2n) is 1.70. The first-order valence-corrected chi connectivity index (χ1v) is 3.00. The van der Waals surface area contributed by atoms with Crippen LogP contribution in [0.15, 0.2) is 22.3 Å². The molecule has 11 heavy (non-hydrogen) atoms. The smallest absolute Gasteiger partial charge is 0.244 e. The highest BCUT2D eigenvalue weighted by Crippen LogP contribution is 1.95. The summed E-state index contributed by atoms with van der Waals surface area (Å²) in [5, 5.41) is 10.3. The average Bonchev–Trinajstić information content (AvgIpc) is 2.07. The third-order valence-electron chi connectivity index (χ3n) is 1.07. The second-order valence-corrected chi connectivity index (χ2v) is 1.70. The Hall–Kier alpha value is -1.46. The molecule has 62 valence electrons. The summed E-state index contributed by atoms with van der Waals surface area (Å²) in [6.07, 6.45) is 0.130. The fraction of sp³-hybridized carbons (Fsp3) is 0.600. The Morgan fingerprint density at radius 1 is 1.27 bits per heavy atom. The first kappa shape index (κ1) is 9.54. The number of nitrogens with zero attached hydrogens (tertiary/aromatic N) is 2. The van der Waals surface area contributed by atoms with Crippen LogP contribution in [0.1, 0.15) is 0 Å². The highest BCUT2D eigenvalue weighted by molar-refractivity contribution is 5.01. The van der Waals surface area contributed by atoms with Crippen molar-refractivity contribution in [2.24, 2.45) is 10.4 Å². The van der Waals surface area contributed by atoms with Crippen LogP contribution in [0.25, 0.3) is 0 Å². The van der Waals surface area contributed by atoms with Gasteiger partial charge >= 0.3 is 0 Å². The van der Waals surface area contributed by atoms with Crippen molar-refractivity contribution >= 4 is 0 Å². The highest BCUT2D eigenvalue weighted by atomic mass is 16.3. The summed E-state index contributed by atoms with van der Waals surface area (Å²) in [7, 11) is 3.30. The van der Waals surface area contributed by atoms with Crippen molar-refractivity contribution < 1.29 is 0 Å². The lowest BCUT2D eigenvalue weighted by Crippen LogP contribution is -2.20. The minimum absolute atomic E-state index is 0.536. The Morgan fingerprint density at radius 2 is 1.73 bits per heavy atom. The molecule has 0 amide bonds. The summed E-state index contributed by atoms with van der Waals surface area (Å²) < 4.78 is 0. The van der Waals surface area contributed by atoms with Crippen LogP contribution in [0.4, 0.5) is 0 Å². The second kappa shape index (κ2) is 5.33. The summed E-state index contributed by atoms with van der Waals surface area (Å²) in [6, 6.07) is 0. The lowest BCUT2D eigenvalue weighted by molar-refractivity contribution is 0.778. The maximum atomic E-state index is 9.86. The van der Waals surface area contributed by atoms with Crippen molar-refractivity contribution in [3.63, 3.8) is 0 Å². The SMILES string of the molecule is CNC(=CC(N=O)N=O)NC. The molecule has 0 atom stereocenters. The van der Waals surface area contributed by atoms with Gasteiger partial charge in [0.25, 0.3) is 0 Å². The van der Waals surface area contributed by atoms with Crippen LogP contribution in [-0.4, -0.2) is 20.3 Å². The zero-order valence-corrected chi connectivity index (χ0v) is 6.37. The highest BCUT2D eigenvalue weighted by Gasteiger charge is 2.03. The Kier molecular flexibility index (Phi) is 4.63. The predicted octanol–water partition coefficient (Wildman–Crippen LogP) is 0.125. The molecule has 0 bridgehead atoms. The zero-order chi connectivity index (χ0) is 8.69. The van der Waals surface area contributed by atoms with Gasteiger partial charge in [0, 0.05) is 20.2 Å². The van der Waals surface area contributed by atoms with Crippen LogP contribution in [0, 0.1) is 9.81 Å². The van der Waals surface area contributed by atoms with Crippen molar-refractivity contribution in [2.75, 3.05) is 14.1 Å². The van der Waals surface area contributed by atoms with Crippen molar-refractivity contribution in [1.29, 1.82) is 0 Å². The van der Waals surface area contributed by atoms with E-state index in [2.05, 4.69) is 21.0 Å². The zero-order valence-electron chi connectivity index (χ0n) is 6.37. The summed E-state index contributed by atoms with van der Waals surface area (Å²) in [5.41, 5.74) is 0. The van der Waals surface area contributed by atoms with Gasteiger partial charge in [0.2, 0.25) is 6.17 Å². The fourth-order valence-electron chi connectivity index (χ4n) is 0.521. The van der Waals surface area contributed by atoms with E-state index in [0.29, 0.717) is 5.82 Å². The summed E-state index contributed by atoms with van der Waals surface area (Å²) >= 11 is 0. The van der Waals surface area contributed by atoms with E-state index in [1.807, 2.05) is 0 Å². The van der Waals surface area contributed by atoms with Gasteiger partial charge in [-0.3, -0.25) is 0 Å². The Bertz CT molecular complexity index is 154. The maximum Gasteiger partial charge on any atom is 0.244 e. The summed E-state index contributed by atoms with van der Waals surface area (Å²) in [5.74, 6) is 0.536. The van der Waals surface area contributed by atoms with Gasteiger partial charge in [-0.15, -0.1) is 9.81 Å². The van der Waals surface area contributed by atoms with E-state index in [1.165, 1.54) is 6.08 Å². The van der Waals surface area contributed by atoms with Crippen LogP contribution >= 0.6 is 0 Å². The normalized spacial score (nSPS) is 8.64.